The van der Waals surface area contributed by atoms with E-state index in [1.54, 1.807) is 0 Å². The summed E-state index contributed by atoms with van der Waals surface area (Å²) in [4.78, 5) is 12.5. The molecular weight excluding hydrogens is 234 g/mol. The zero-order chi connectivity index (χ0) is 13.6. The number of nitrogens with one attached hydrogen (secondary N) is 1. The Kier molecular flexibility index (Phi) is 2.92. The van der Waals surface area contributed by atoms with Crippen molar-refractivity contribution < 1.29 is 4.79 Å². The van der Waals surface area contributed by atoms with Crippen molar-refractivity contribution in [3.8, 4) is 0 Å². The lowest BCUT2D eigenvalue weighted by molar-refractivity contribution is -0.120. The van der Waals surface area contributed by atoms with Gasteiger partial charge in [-0.1, -0.05) is 43.9 Å². The second-order valence-corrected chi connectivity index (χ2v) is 6.68. The fourth-order valence-electron chi connectivity index (χ4n) is 4.08. The second-order valence-electron chi connectivity index (χ2n) is 6.68. The maximum atomic E-state index is 12.5. The quantitative estimate of drug-likeness (QED) is 0.798. The molecule has 19 heavy (non-hydrogen) atoms. The lowest BCUT2D eigenvalue weighted by Crippen LogP contribution is -2.32. The predicted octanol–water partition coefficient (Wildman–Crippen LogP) is 4.31. The number of benzene rings is 1. The summed E-state index contributed by atoms with van der Waals surface area (Å²) in [5, 5.41) is 3.13. The van der Waals surface area contributed by atoms with Crippen LogP contribution in [0.5, 0.6) is 0 Å². The molecule has 0 saturated heterocycles. The molecule has 1 N–H and O–H groups in total. The van der Waals surface area contributed by atoms with Crippen LogP contribution in [0.4, 0.5) is 5.69 Å². The van der Waals surface area contributed by atoms with Crippen molar-refractivity contribution in [2.45, 2.75) is 58.8 Å². The summed E-state index contributed by atoms with van der Waals surface area (Å²) < 4.78 is 0. The number of aryl methyl sites for hydroxylation is 2. The van der Waals surface area contributed by atoms with Gasteiger partial charge in [-0.3, -0.25) is 4.79 Å². The summed E-state index contributed by atoms with van der Waals surface area (Å²) in [7, 11) is 0. The number of fused-ring (bicyclic) bond motifs is 1. The van der Waals surface area contributed by atoms with E-state index >= 15 is 0 Å². The van der Waals surface area contributed by atoms with E-state index in [1.165, 1.54) is 48.8 Å². The summed E-state index contributed by atoms with van der Waals surface area (Å²) >= 11 is 0. The molecule has 3 rings (SSSR count). The highest BCUT2D eigenvalue weighted by atomic mass is 16.2. The molecule has 1 aromatic rings. The fourth-order valence-corrected chi connectivity index (χ4v) is 4.08. The Morgan fingerprint density at radius 2 is 1.84 bits per heavy atom. The molecular formula is C17H23NO. The normalized spacial score (nSPS) is 25.0. The number of carbonyl (C=O) groups excluding carboxylic acids is 1. The van der Waals surface area contributed by atoms with Crippen molar-refractivity contribution >= 4 is 11.6 Å². The van der Waals surface area contributed by atoms with Crippen LogP contribution in [0.25, 0.3) is 0 Å². The maximum absolute atomic E-state index is 12.5. The van der Waals surface area contributed by atoms with Gasteiger partial charge in [0.25, 0.3) is 0 Å². The third-order valence-corrected chi connectivity index (χ3v) is 5.02. The molecule has 1 aliphatic carbocycles. The van der Waals surface area contributed by atoms with E-state index in [-0.39, 0.29) is 17.2 Å². The first-order chi connectivity index (χ1) is 9.01. The van der Waals surface area contributed by atoms with E-state index < -0.39 is 0 Å². The minimum Gasteiger partial charge on any atom is -0.325 e. The summed E-state index contributed by atoms with van der Waals surface area (Å²) in [6.07, 6.45) is 6.21. The van der Waals surface area contributed by atoms with Crippen molar-refractivity contribution in [2.75, 3.05) is 5.32 Å². The summed E-state index contributed by atoms with van der Waals surface area (Å²) in [5.41, 5.74) is 4.93. The van der Waals surface area contributed by atoms with Gasteiger partial charge in [-0.25, -0.2) is 0 Å². The summed E-state index contributed by atoms with van der Waals surface area (Å²) in [6, 6.07) is 4.37. The topological polar surface area (TPSA) is 29.1 Å². The Balaban J connectivity index is 2.07. The average molecular weight is 257 g/mol. The Morgan fingerprint density at radius 1 is 1.16 bits per heavy atom. The fraction of sp³-hybridized carbons (Fsp3) is 0.588. The Morgan fingerprint density at radius 3 is 2.53 bits per heavy atom. The molecule has 0 radical (unpaired) electrons. The van der Waals surface area contributed by atoms with Crippen LogP contribution in [0.15, 0.2) is 12.1 Å². The minimum atomic E-state index is 0.0569. The van der Waals surface area contributed by atoms with Gasteiger partial charge in [0, 0.05) is 5.69 Å². The number of hydrogen-bond donors (Lipinski definition) is 1. The molecule has 1 unspecified atom stereocenters. The molecule has 0 aromatic heterocycles. The van der Waals surface area contributed by atoms with Gasteiger partial charge in [0.15, 0.2) is 0 Å². The van der Waals surface area contributed by atoms with Crippen LogP contribution in [0.3, 0.4) is 0 Å². The van der Waals surface area contributed by atoms with Crippen LogP contribution in [-0.2, 0) is 4.79 Å². The molecule has 1 heterocycles. The van der Waals surface area contributed by atoms with Gasteiger partial charge in [-0.2, -0.15) is 0 Å². The SMILES string of the molecule is Cc1cc(C)c2c(c1)C(C1(C)CCCCC1)C(=O)N2. The first-order valence-corrected chi connectivity index (χ1v) is 7.43. The summed E-state index contributed by atoms with van der Waals surface area (Å²) in [5.74, 6) is 0.273. The van der Waals surface area contributed by atoms with Gasteiger partial charge in [-0.15, -0.1) is 0 Å². The van der Waals surface area contributed by atoms with Crippen molar-refractivity contribution in [3.63, 3.8) is 0 Å². The van der Waals surface area contributed by atoms with E-state index in [1.807, 2.05) is 0 Å². The Labute approximate surface area is 115 Å². The Hall–Kier alpha value is -1.31. The smallest absolute Gasteiger partial charge is 0.232 e. The molecule has 0 bridgehead atoms. The molecule has 1 fully saturated rings. The standard InChI is InChI=1S/C17H23NO/c1-11-9-12(2)15-13(10-11)14(16(19)18-15)17(3)7-5-4-6-8-17/h9-10,14H,4-8H2,1-3H3,(H,18,19). The first-order valence-electron chi connectivity index (χ1n) is 7.43. The van der Waals surface area contributed by atoms with Gasteiger partial charge < -0.3 is 5.32 Å². The molecule has 2 aliphatic rings. The summed E-state index contributed by atoms with van der Waals surface area (Å²) in [6.45, 7) is 6.53. The van der Waals surface area contributed by atoms with Crippen molar-refractivity contribution in [1.82, 2.24) is 0 Å². The van der Waals surface area contributed by atoms with E-state index in [0.29, 0.717) is 0 Å². The monoisotopic (exact) mass is 257 g/mol. The van der Waals surface area contributed by atoms with Gasteiger partial charge in [0.2, 0.25) is 5.91 Å². The molecule has 1 aromatic carbocycles. The number of rotatable bonds is 1. The van der Waals surface area contributed by atoms with E-state index in [0.717, 1.165) is 5.69 Å². The third-order valence-electron chi connectivity index (χ3n) is 5.02. The van der Waals surface area contributed by atoms with Crippen molar-refractivity contribution in [2.24, 2.45) is 5.41 Å². The highest BCUT2D eigenvalue weighted by Gasteiger charge is 2.45. The van der Waals surface area contributed by atoms with Crippen LogP contribution < -0.4 is 5.32 Å². The molecule has 1 amide bonds. The average Bonchev–Trinajstić information content (AvgIpc) is 2.67. The van der Waals surface area contributed by atoms with Gasteiger partial charge in [-0.05, 0) is 43.2 Å². The van der Waals surface area contributed by atoms with Crippen LogP contribution in [0, 0.1) is 19.3 Å². The van der Waals surface area contributed by atoms with E-state index in [9.17, 15) is 4.79 Å². The lowest BCUT2D eigenvalue weighted by Gasteiger charge is -2.38. The number of hydrogen-bond acceptors (Lipinski definition) is 1. The van der Waals surface area contributed by atoms with Crippen LogP contribution in [0.2, 0.25) is 0 Å². The second kappa shape index (κ2) is 4.36. The van der Waals surface area contributed by atoms with Crippen LogP contribution in [0.1, 0.15) is 61.6 Å². The maximum Gasteiger partial charge on any atom is 0.232 e. The Bertz CT molecular complexity index is 526. The van der Waals surface area contributed by atoms with Crippen molar-refractivity contribution in [3.05, 3.63) is 28.8 Å². The van der Waals surface area contributed by atoms with Crippen LogP contribution in [-0.4, -0.2) is 5.91 Å². The molecule has 2 nitrogen and oxygen atoms in total. The van der Waals surface area contributed by atoms with Gasteiger partial charge in [0.1, 0.15) is 0 Å². The molecule has 1 atom stereocenters. The molecule has 0 spiro atoms. The van der Waals surface area contributed by atoms with Crippen molar-refractivity contribution in [1.29, 1.82) is 0 Å². The molecule has 1 aliphatic heterocycles. The number of carbonyl (C=O) groups is 1. The van der Waals surface area contributed by atoms with E-state index in [2.05, 4.69) is 38.2 Å². The van der Waals surface area contributed by atoms with Crippen LogP contribution >= 0.6 is 0 Å². The zero-order valence-electron chi connectivity index (χ0n) is 12.2. The zero-order valence-corrected chi connectivity index (χ0v) is 12.2. The minimum absolute atomic E-state index is 0.0569. The predicted molar refractivity (Wildman–Crippen MR) is 78.5 cm³/mol. The van der Waals surface area contributed by atoms with Gasteiger partial charge in [0.05, 0.1) is 5.92 Å². The van der Waals surface area contributed by atoms with Gasteiger partial charge >= 0.3 is 0 Å². The molecule has 1 saturated carbocycles. The highest BCUT2D eigenvalue weighted by Crippen LogP contribution is 2.52. The molecule has 2 heteroatoms. The number of anilines is 1. The highest BCUT2D eigenvalue weighted by molar-refractivity contribution is 6.04. The lowest BCUT2D eigenvalue weighted by atomic mass is 9.65. The third kappa shape index (κ3) is 1.98. The first kappa shape index (κ1) is 12.7. The number of amides is 1. The van der Waals surface area contributed by atoms with E-state index in [4.69, 9.17) is 0 Å². The largest absolute Gasteiger partial charge is 0.325 e. The molecule has 102 valence electrons.